The second-order valence-corrected chi connectivity index (χ2v) is 8.70. The molecule has 1 fully saturated rings. The van der Waals surface area contributed by atoms with Crippen LogP contribution in [0, 0.1) is 11.5 Å². The van der Waals surface area contributed by atoms with Gasteiger partial charge in [-0.1, -0.05) is 19.6 Å². The maximum absolute atomic E-state index is 5.30. The molecule has 0 amide bonds. The van der Waals surface area contributed by atoms with Crippen molar-refractivity contribution in [2.24, 2.45) is 0 Å². The quantitative estimate of drug-likeness (QED) is 0.421. The number of hydrogen-bond acceptors (Lipinski definition) is 2. The number of hydrogen-bond donors (Lipinski definition) is 0. The van der Waals surface area contributed by atoms with Crippen LogP contribution in [0.25, 0.3) is 0 Å². The Morgan fingerprint density at radius 3 is 2.25 bits per heavy atom. The molecule has 0 N–H and O–H groups in total. The van der Waals surface area contributed by atoms with Crippen molar-refractivity contribution in [2.75, 3.05) is 13.2 Å². The fraction of sp³-hybridized carbons (Fsp3) is 0.778. The Morgan fingerprint density at radius 2 is 1.75 bits per heavy atom. The second-order valence-electron chi connectivity index (χ2n) is 3.95. The minimum atomic E-state index is -1.26. The van der Waals surface area contributed by atoms with Crippen molar-refractivity contribution in [3.05, 3.63) is 0 Å². The van der Waals surface area contributed by atoms with Crippen LogP contribution >= 0.6 is 0 Å². The summed E-state index contributed by atoms with van der Waals surface area (Å²) in [6, 6.07) is 0. The van der Waals surface area contributed by atoms with E-state index in [0.29, 0.717) is 0 Å². The maximum Gasteiger partial charge on any atom is 0.221 e. The first kappa shape index (κ1) is 9.78. The van der Waals surface area contributed by atoms with Crippen molar-refractivity contribution in [3.63, 3.8) is 0 Å². The highest BCUT2D eigenvalue weighted by atomic mass is 28.3. The maximum atomic E-state index is 5.30. The molecule has 1 rings (SSSR count). The monoisotopic (exact) mass is 184 g/mol. The van der Waals surface area contributed by atoms with Crippen LogP contribution in [0.1, 0.15) is 6.42 Å². The Bertz CT molecular complexity index is 191. The summed E-state index contributed by atoms with van der Waals surface area (Å²) >= 11 is 0. The average molecular weight is 184 g/mol. The first-order valence-corrected chi connectivity index (χ1v) is 7.84. The summed E-state index contributed by atoms with van der Waals surface area (Å²) in [7, 11) is -1.26. The third kappa shape index (κ3) is 3.91. The van der Waals surface area contributed by atoms with E-state index >= 15 is 0 Å². The summed E-state index contributed by atoms with van der Waals surface area (Å²) < 4.78 is 10.6. The molecule has 1 aliphatic rings. The van der Waals surface area contributed by atoms with Crippen LogP contribution in [-0.4, -0.2) is 27.6 Å². The third-order valence-electron chi connectivity index (χ3n) is 1.39. The Hall–Kier alpha value is -0.303. The second kappa shape index (κ2) is 4.08. The molecule has 0 aromatic rings. The zero-order chi connectivity index (χ0) is 9.03. The molecule has 12 heavy (non-hydrogen) atoms. The molecule has 0 spiro atoms. The van der Waals surface area contributed by atoms with E-state index in [1.54, 1.807) is 0 Å². The Labute approximate surface area is 75.3 Å². The summed E-state index contributed by atoms with van der Waals surface area (Å²) in [6.45, 7) is 8.20. The molecular weight excluding hydrogens is 168 g/mol. The smallest absolute Gasteiger partial charge is 0.221 e. The lowest BCUT2D eigenvalue weighted by Crippen LogP contribution is -2.25. The highest BCUT2D eigenvalue weighted by Crippen LogP contribution is 2.04. The van der Waals surface area contributed by atoms with Gasteiger partial charge < -0.3 is 9.47 Å². The molecule has 68 valence electrons. The van der Waals surface area contributed by atoms with E-state index < -0.39 is 8.07 Å². The molecular formula is C9H16O2Si. The van der Waals surface area contributed by atoms with Crippen LogP contribution in [0.2, 0.25) is 19.6 Å². The van der Waals surface area contributed by atoms with Gasteiger partial charge in [-0.3, -0.25) is 0 Å². The normalized spacial score (nSPS) is 19.9. The predicted octanol–water partition coefficient (Wildman–Crippen LogP) is 1.63. The molecule has 1 heterocycles. The van der Waals surface area contributed by atoms with E-state index in [1.165, 1.54) is 0 Å². The average Bonchev–Trinajstić information content (AvgIpc) is 2.02. The minimum Gasteiger partial charge on any atom is -0.342 e. The lowest BCUT2D eigenvalue weighted by molar-refractivity contribution is -0.144. The SMILES string of the molecule is C[Si](C)(C)C#CC1OCCCO1. The van der Waals surface area contributed by atoms with Crippen molar-refractivity contribution in [2.45, 2.75) is 32.4 Å². The van der Waals surface area contributed by atoms with Gasteiger partial charge in [0.05, 0.1) is 13.2 Å². The first-order valence-electron chi connectivity index (χ1n) is 4.34. The molecule has 0 bridgehead atoms. The Balaban J connectivity index is 2.41. The summed E-state index contributed by atoms with van der Waals surface area (Å²) in [5.41, 5.74) is 3.23. The zero-order valence-electron chi connectivity index (χ0n) is 8.02. The predicted molar refractivity (Wildman–Crippen MR) is 51.4 cm³/mol. The summed E-state index contributed by atoms with van der Waals surface area (Å²) in [6.07, 6.45) is 0.732. The Kier molecular flexibility index (Phi) is 3.33. The molecule has 0 unspecified atom stereocenters. The van der Waals surface area contributed by atoms with Crippen LogP contribution in [-0.2, 0) is 9.47 Å². The molecule has 0 saturated carbocycles. The van der Waals surface area contributed by atoms with Crippen LogP contribution in [0.15, 0.2) is 0 Å². The van der Waals surface area contributed by atoms with E-state index in [2.05, 4.69) is 31.1 Å². The third-order valence-corrected chi connectivity index (χ3v) is 2.29. The summed E-state index contributed by atoms with van der Waals surface area (Å²) in [5.74, 6) is 3.03. The van der Waals surface area contributed by atoms with Crippen LogP contribution in [0.3, 0.4) is 0 Å². The van der Waals surface area contributed by atoms with Gasteiger partial charge in [0, 0.05) is 0 Å². The van der Waals surface area contributed by atoms with E-state index in [1.807, 2.05) is 0 Å². The van der Waals surface area contributed by atoms with E-state index in [-0.39, 0.29) is 6.29 Å². The lowest BCUT2D eigenvalue weighted by atomic mass is 10.4. The van der Waals surface area contributed by atoms with Crippen molar-refractivity contribution in [1.82, 2.24) is 0 Å². The van der Waals surface area contributed by atoms with E-state index in [4.69, 9.17) is 9.47 Å². The van der Waals surface area contributed by atoms with Gasteiger partial charge in [-0.2, -0.15) is 0 Å². The molecule has 0 aromatic heterocycles. The van der Waals surface area contributed by atoms with Crippen molar-refractivity contribution in [3.8, 4) is 11.5 Å². The number of rotatable bonds is 0. The fourth-order valence-corrected chi connectivity index (χ4v) is 1.40. The van der Waals surface area contributed by atoms with Crippen LogP contribution in [0.5, 0.6) is 0 Å². The minimum absolute atomic E-state index is 0.259. The van der Waals surface area contributed by atoms with Gasteiger partial charge in [-0.15, -0.1) is 5.54 Å². The van der Waals surface area contributed by atoms with Crippen LogP contribution < -0.4 is 0 Å². The fourth-order valence-electron chi connectivity index (χ4n) is 0.847. The first-order chi connectivity index (χ1) is 5.58. The molecule has 3 heteroatoms. The highest BCUT2D eigenvalue weighted by molar-refractivity contribution is 6.83. The Morgan fingerprint density at radius 1 is 1.17 bits per heavy atom. The van der Waals surface area contributed by atoms with E-state index in [0.717, 1.165) is 19.6 Å². The van der Waals surface area contributed by atoms with Gasteiger partial charge in [0.25, 0.3) is 0 Å². The van der Waals surface area contributed by atoms with Crippen molar-refractivity contribution < 1.29 is 9.47 Å². The molecule has 2 nitrogen and oxygen atoms in total. The molecule has 1 saturated heterocycles. The molecule has 0 aromatic carbocycles. The topological polar surface area (TPSA) is 18.5 Å². The van der Waals surface area contributed by atoms with Crippen LogP contribution in [0.4, 0.5) is 0 Å². The van der Waals surface area contributed by atoms with Gasteiger partial charge in [0.1, 0.15) is 8.07 Å². The molecule has 0 aliphatic carbocycles. The molecule has 0 atom stereocenters. The summed E-state index contributed by atoms with van der Waals surface area (Å²) in [4.78, 5) is 0. The van der Waals surface area contributed by atoms with Gasteiger partial charge in [0.15, 0.2) is 0 Å². The van der Waals surface area contributed by atoms with Gasteiger partial charge in [-0.25, -0.2) is 0 Å². The van der Waals surface area contributed by atoms with E-state index in [9.17, 15) is 0 Å². The summed E-state index contributed by atoms with van der Waals surface area (Å²) in [5, 5.41) is 0. The zero-order valence-corrected chi connectivity index (χ0v) is 9.02. The van der Waals surface area contributed by atoms with Gasteiger partial charge in [0.2, 0.25) is 6.29 Å². The highest BCUT2D eigenvalue weighted by Gasteiger charge is 2.13. The van der Waals surface area contributed by atoms with Gasteiger partial charge in [-0.05, 0) is 12.3 Å². The molecule has 0 radical (unpaired) electrons. The standard InChI is InChI=1S/C9H16O2Si/c1-12(2,3)8-5-9-10-6-4-7-11-9/h9H,4,6-7H2,1-3H3. The largest absolute Gasteiger partial charge is 0.342 e. The molecule has 1 aliphatic heterocycles. The van der Waals surface area contributed by atoms with Crippen molar-refractivity contribution in [1.29, 1.82) is 0 Å². The van der Waals surface area contributed by atoms with Gasteiger partial charge >= 0.3 is 0 Å². The van der Waals surface area contributed by atoms with Crippen molar-refractivity contribution >= 4 is 8.07 Å². The lowest BCUT2D eigenvalue weighted by Gasteiger charge is -2.18. The number of ether oxygens (including phenoxy) is 2.